The maximum Gasteiger partial charge on any atom is 0.0701 e. The molecule has 0 amide bonds. The van der Waals surface area contributed by atoms with Crippen molar-refractivity contribution in [3.63, 3.8) is 0 Å². The zero-order chi connectivity index (χ0) is 7.40. The van der Waals surface area contributed by atoms with E-state index in [0.717, 1.165) is 12.8 Å². The fourth-order valence-electron chi connectivity index (χ4n) is 1.16. The van der Waals surface area contributed by atoms with Gasteiger partial charge in [-0.05, 0) is 19.9 Å². The van der Waals surface area contributed by atoms with E-state index in [2.05, 4.69) is 5.32 Å². The third kappa shape index (κ3) is 1.94. The van der Waals surface area contributed by atoms with E-state index >= 15 is 0 Å². The van der Waals surface area contributed by atoms with E-state index in [9.17, 15) is 0 Å². The molecule has 60 valence electrons. The van der Waals surface area contributed by atoms with E-state index in [1.54, 1.807) is 0 Å². The zero-order valence-corrected chi connectivity index (χ0v) is 6.34. The molecule has 0 bridgehead atoms. The van der Waals surface area contributed by atoms with Crippen molar-refractivity contribution in [1.29, 1.82) is 0 Å². The van der Waals surface area contributed by atoms with Crippen LogP contribution in [-0.4, -0.2) is 37.5 Å². The first-order chi connectivity index (χ1) is 4.86. The molecule has 0 radical (unpaired) electrons. The van der Waals surface area contributed by atoms with Crippen molar-refractivity contribution in [2.24, 2.45) is 0 Å². The maximum atomic E-state index is 8.42. The van der Waals surface area contributed by atoms with Gasteiger partial charge in [-0.25, -0.2) is 0 Å². The molecule has 0 aromatic heterocycles. The summed E-state index contributed by atoms with van der Waals surface area (Å²) < 4.78 is 5.27. The number of aliphatic hydroxyl groups is 1. The van der Waals surface area contributed by atoms with Crippen molar-refractivity contribution in [3.8, 4) is 0 Å². The van der Waals surface area contributed by atoms with Crippen LogP contribution in [0.3, 0.4) is 0 Å². The minimum absolute atomic E-state index is 0.140. The van der Waals surface area contributed by atoms with Gasteiger partial charge in [-0.1, -0.05) is 0 Å². The third-order valence-electron chi connectivity index (χ3n) is 1.95. The van der Waals surface area contributed by atoms with Crippen LogP contribution < -0.4 is 5.32 Å². The molecule has 0 spiro atoms. The minimum Gasteiger partial charge on any atom is -0.394 e. The monoisotopic (exact) mass is 145 g/mol. The van der Waals surface area contributed by atoms with Gasteiger partial charge >= 0.3 is 0 Å². The highest BCUT2D eigenvalue weighted by atomic mass is 16.5. The normalized spacial score (nSPS) is 31.8. The third-order valence-corrected chi connectivity index (χ3v) is 1.95. The predicted octanol–water partition coefficient (Wildman–Crippen LogP) is -0.254. The molecule has 0 aromatic rings. The van der Waals surface area contributed by atoms with Crippen molar-refractivity contribution in [2.45, 2.75) is 25.0 Å². The number of hydrogen-bond acceptors (Lipinski definition) is 3. The summed E-state index contributed by atoms with van der Waals surface area (Å²) in [5.74, 6) is 0. The Hall–Kier alpha value is -0.120. The highest BCUT2D eigenvalue weighted by Gasteiger charge is 2.27. The van der Waals surface area contributed by atoms with E-state index in [0.29, 0.717) is 18.8 Å². The summed E-state index contributed by atoms with van der Waals surface area (Å²) in [6, 6.07) is 0.642. The minimum atomic E-state index is 0.140. The summed E-state index contributed by atoms with van der Waals surface area (Å²) in [6.07, 6.45) is 2.58. The van der Waals surface area contributed by atoms with Crippen molar-refractivity contribution >= 4 is 0 Å². The van der Waals surface area contributed by atoms with Crippen LogP contribution in [0.15, 0.2) is 0 Å². The zero-order valence-electron chi connectivity index (χ0n) is 6.34. The molecule has 2 N–H and O–H groups in total. The average molecular weight is 145 g/mol. The summed E-state index contributed by atoms with van der Waals surface area (Å²) in [4.78, 5) is 0. The molecule has 0 unspecified atom stereocenters. The first-order valence-corrected chi connectivity index (χ1v) is 3.76. The molecule has 1 rings (SSSR count). The van der Waals surface area contributed by atoms with Gasteiger partial charge < -0.3 is 15.2 Å². The number of rotatable bonds is 4. The lowest BCUT2D eigenvalue weighted by Gasteiger charge is -2.34. The van der Waals surface area contributed by atoms with E-state index in [1.165, 1.54) is 0 Å². The Balaban J connectivity index is 1.93. The molecule has 3 heteroatoms. The molecular formula is C7H15NO2. The van der Waals surface area contributed by atoms with Gasteiger partial charge in [-0.2, -0.15) is 0 Å². The molecule has 1 fully saturated rings. The molecular weight excluding hydrogens is 130 g/mol. The molecule has 0 saturated heterocycles. The van der Waals surface area contributed by atoms with Gasteiger partial charge in [-0.3, -0.25) is 0 Å². The number of nitrogens with one attached hydrogen (secondary N) is 1. The quantitative estimate of drug-likeness (QED) is 0.573. The van der Waals surface area contributed by atoms with Crippen molar-refractivity contribution in [2.75, 3.05) is 20.3 Å². The molecule has 0 heterocycles. The predicted molar refractivity (Wildman–Crippen MR) is 38.9 cm³/mol. The molecule has 0 aromatic carbocycles. The van der Waals surface area contributed by atoms with Crippen LogP contribution in [0.4, 0.5) is 0 Å². The van der Waals surface area contributed by atoms with E-state index in [1.807, 2.05) is 7.05 Å². The van der Waals surface area contributed by atoms with Gasteiger partial charge in [0, 0.05) is 6.04 Å². The van der Waals surface area contributed by atoms with Crippen LogP contribution in [0, 0.1) is 0 Å². The first-order valence-electron chi connectivity index (χ1n) is 3.76. The Morgan fingerprint density at radius 1 is 1.60 bits per heavy atom. The average Bonchev–Trinajstić information content (AvgIpc) is 1.86. The number of ether oxygens (including phenoxy) is 1. The molecule has 1 aliphatic rings. The Kier molecular flexibility index (Phi) is 3.12. The van der Waals surface area contributed by atoms with Crippen molar-refractivity contribution in [1.82, 2.24) is 5.32 Å². The molecule has 1 saturated carbocycles. The highest BCUT2D eigenvalue weighted by Crippen LogP contribution is 2.22. The Labute approximate surface area is 61.4 Å². The molecule has 1 aliphatic carbocycles. The second kappa shape index (κ2) is 3.91. The van der Waals surface area contributed by atoms with Crippen LogP contribution in [0.1, 0.15) is 12.8 Å². The first kappa shape index (κ1) is 7.98. The lowest BCUT2D eigenvalue weighted by molar-refractivity contribution is -0.0285. The summed E-state index contributed by atoms with van der Waals surface area (Å²) in [5, 5.41) is 11.6. The topological polar surface area (TPSA) is 41.5 Å². The molecule has 0 aliphatic heterocycles. The lowest BCUT2D eigenvalue weighted by Crippen LogP contribution is -2.44. The van der Waals surface area contributed by atoms with Gasteiger partial charge in [0.05, 0.1) is 19.3 Å². The van der Waals surface area contributed by atoms with Gasteiger partial charge in [0.2, 0.25) is 0 Å². The van der Waals surface area contributed by atoms with Crippen molar-refractivity contribution in [3.05, 3.63) is 0 Å². The standard InChI is InChI=1S/C7H15NO2/c1-8-6-4-7(5-6)10-3-2-9/h6-9H,2-5H2,1H3/t6-,7+. The van der Waals surface area contributed by atoms with Crippen LogP contribution in [0.5, 0.6) is 0 Å². The second-order valence-electron chi connectivity index (χ2n) is 2.67. The molecule has 0 atom stereocenters. The summed E-state index contributed by atoms with van der Waals surface area (Å²) in [6.45, 7) is 0.627. The lowest BCUT2D eigenvalue weighted by atomic mass is 9.89. The van der Waals surface area contributed by atoms with Gasteiger partial charge in [0.1, 0.15) is 0 Å². The summed E-state index contributed by atoms with van der Waals surface area (Å²) >= 11 is 0. The van der Waals surface area contributed by atoms with Crippen LogP contribution in [-0.2, 0) is 4.74 Å². The largest absolute Gasteiger partial charge is 0.394 e. The fraction of sp³-hybridized carbons (Fsp3) is 1.00. The number of aliphatic hydroxyl groups excluding tert-OH is 1. The van der Waals surface area contributed by atoms with Crippen molar-refractivity contribution < 1.29 is 9.84 Å². The summed E-state index contributed by atoms with van der Waals surface area (Å²) in [7, 11) is 1.97. The highest BCUT2D eigenvalue weighted by molar-refractivity contribution is 4.84. The second-order valence-corrected chi connectivity index (χ2v) is 2.67. The van der Waals surface area contributed by atoms with Crippen LogP contribution in [0.25, 0.3) is 0 Å². The van der Waals surface area contributed by atoms with Crippen LogP contribution in [0.2, 0.25) is 0 Å². The summed E-state index contributed by atoms with van der Waals surface area (Å²) in [5.41, 5.74) is 0. The van der Waals surface area contributed by atoms with Gasteiger partial charge in [-0.15, -0.1) is 0 Å². The maximum absolute atomic E-state index is 8.42. The Morgan fingerprint density at radius 2 is 2.30 bits per heavy atom. The van der Waals surface area contributed by atoms with E-state index in [4.69, 9.17) is 9.84 Å². The SMILES string of the molecule is CN[C@H]1C[C@@H](OCCO)C1. The van der Waals surface area contributed by atoms with Crippen LogP contribution >= 0.6 is 0 Å². The Morgan fingerprint density at radius 3 is 2.80 bits per heavy atom. The fourth-order valence-corrected chi connectivity index (χ4v) is 1.16. The van der Waals surface area contributed by atoms with E-state index < -0.39 is 0 Å². The smallest absolute Gasteiger partial charge is 0.0701 e. The molecule has 10 heavy (non-hydrogen) atoms. The van der Waals surface area contributed by atoms with Gasteiger partial charge in [0.15, 0.2) is 0 Å². The number of hydrogen-bond donors (Lipinski definition) is 2. The van der Waals surface area contributed by atoms with E-state index in [-0.39, 0.29) is 6.61 Å². The Bertz CT molecular complexity index is 88.9. The molecule has 3 nitrogen and oxygen atoms in total. The van der Waals surface area contributed by atoms with Gasteiger partial charge in [0.25, 0.3) is 0 Å².